The molecule has 7 heteroatoms. The normalized spacial score (nSPS) is 11.4. The molecule has 2 heterocycles. The maximum absolute atomic E-state index is 12.2. The number of methoxy groups -OCH3 is 2. The van der Waals surface area contributed by atoms with Gasteiger partial charge in [0.1, 0.15) is 6.04 Å². The summed E-state index contributed by atoms with van der Waals surface area (Å²) in [5.41, 5.74) is 1.10. The molecule has 0 aliphatic rings. The number of amides is 1. The second-order valence-electron chi connectivity index (χ2n) is 4.66. The molecule has 0 saturated carbocycles. The highest BCUT2D eigenvalue weighted by Gasteiger charge is 2.24. The third-order valence-corrected chi connectivity index (χ3v) is 3.20. The van der Waals surface area contributed by atoms with Gasteiger partial charge < -0.3 is 14.8 Å². The summed E-state index contributed by atoms with van der Waals surface area (Å²) in [4.78, 5) is 32.1. The molecule has 0 aliphatic carbocycles. The molecule has 1 atom stereocenters. The van der Waals surface area contributed by atoms with Gasteiger partial charge in [-0.1, -0.05) is 6.07 Å². The molecule has 7 nitrogen and oxygen atoms in total. The van der Waals surface area contributed by atoms with E-state index in [1.165, 1.54) is 26.6 Å². The highest BCUT2D eigenvalue weighted by atomic mass is 16.5. The Balaban J connectivity index is 2.17. The van der Waals surface area contributed by atoms with E-state index in [-0.39, 0.29) is 12.3 Å². The molecule has 23 heavy (non-hydrogen) atoms. The number of nitrogens with one attached hydrogen (secondary N) is 1. The van der Waals surface area contributed by atoms with Crippen LogP contribution in [0.5, 0.6) is 5.88 Å². The molecule has 0 bridgehead atoms. The smallest absolute Gasteiger partial charge is 0.328 e. The van der Waals surface area contributed by atoms with E-state index in [9.17, 15) is 9.59 Å². The fraction of sp³-hybridized carbons (Fsp3) is 0.250. The molecule has 0 radical (unpaired) electrons. The first-order valence-corrected chi connectivity index (χ1v) is 6.92. The predicted octanol–water partition coefficient (Wildman–Crippen LogP) is 0.999. The molecular formula is C16H17N3O4. The molecule has 120 valence electrons. The molecule has 0 saturated heterocycles. The van der Waals surface area contributed by atoms with E-state index in [1.807, 2.05) is 0 Å². The lowest BCUT2D eigenvalue weighted by molar-refractivity contribution is -0.142. The van der Waals surface area contributed by atoms with Crippen LogP contribution in [0.4, 0.5) is 0 Å². The monoisotopic (exact) mass is 315 g/mol. The van der Waals surface area contributed by atoms with Gasteiger partial charge in [0, 0.05) is 36.1 Å². The van der Waals surface area contributed by atoms with E-state index in [4.69, 9.17) is 9.47 Å². The van der Waals surface area contributed by atoms with Crippen LogP contribution in [0.15, 0.2) is 42.9 Å². The summed E-state index contributed by atoms with van der Waals surface area (Å²) in [6.07, 6.45) is 4.81. The van der Waals surface area contributed by atoms with Gasteiger partial charge in [-0.2, -0.15) is 0 Å². The minimum Gasteiger partial charge on any atom is -0.481 e. The number of hydrogen-bond donors (Lipinski definition) is 1. The molecule has 0 fully saturated rings. The molecule has 1 N–H and O–H groups in total. The molecule has 0 aliphatic heterocycles. The zero-order chi connectivity index (χ0) is 16.7. The number of carbonyl (C=O) groups excluding carboxylic acids is 2. The summed E-state index contributed by atoms with van der Waals surface area (Å²) in [5, 5.41) is 2.66. The first-order chi connectivity index (χ1) is 11.2. The van der Waals surface area contributed by atoms with Crippen molar-refractivity contribution in [1.82, 2.24) is 15.3 Å². The van der Waals surface area contributed by atoms with Crippen molar-refractivity contribution in [3.05, 3.63) is 54.0 Å². The maximum atomic E-state index is 12.2. The maximum Gasteiger partial charge on any atom is 0.328 e. The van der Waals surface area contributed by atoms with Gasteiger partial charge in [-0.25, -0.2) is 9.78 Å². The van der Waals surface area contributed by atoms with Crippen molar-refractivity contribution < 1.29 is 19.1 Å². The molecule has 1 amide bonds. The highest BCUT2D eigenvalue weighted by Crippen LogP contribution is 2.16. The Morgan fingerprint density at radius 2 is 1.91 bits per heavy atom. The lowest BCUT2D eigenvalue weighted by atomic mass is 10.1. The van der Waals surface area contributed by atoms with Crippen molar-refractivity contribution in [2.24, 2.45) is 0 Å². The number of pyridine rings is 2. The number of aromatic nitrogens is 2. The predicted molar refractivity (Wildman–Crippen MR) is 82.0 cm³/mol. The van der Waals surface area contributed by atoms with E-state index >= 15 is 0 Å². The van der Waals surface area contributed by atoms with Crippen molar-refractivity contribution in [2.75, 3.05) is 14.2 Å². The van der Waals surface area contributed by atoms with Crippen LogP contribution in [0.25, 0.3) is 0 Å². The molecular weight excluding hydrogens is 298 g/mol. The van der Waals surface area contributed by atoms with Gasteiger partial charge in [0.25, 0.3) is 5.91 Å². The average molecular weight is 315 g/mol. The second kappa shape index (κ2) is 7.88. The van der Waals surface area contributed by atoms with Crippen molar-refractivity contribution in [1.29, 1.82) is 0 Å². The average Bonchev–Trinajstić information content (AvgIpc) is 2.61. The van der Waals surface area contributed by atoms with Gasteiger partial charge in [0.15, 0.2) is 0 Å². The Kier molecular flexibility index (Phi) is 5.62. The minimum atomic E-state index is -0.848. The van der Waals surface area contributed by atoms with E-state index in [0.29, 0.717) is 17.0 Å². The van der Waals surface area contributed by atoms with Gasteiger partial charge in [-0.15, -0.1) is 0 Å². The lowest BCUT2D eigenvalue weighted by Gasteiger charge is -2.17. The van der Waals surface area contributed by atoms with E-state index in [1.54, 1.807) is 30.5 Å². The van der Waals surface area contributed by atoms with Crippen LogP contribution in [-0.4, -0.2) is 42.1 Å². The van der Waals surface area contributed by atoms with Crippen LogP contribution in [0.2, 0.25) is 0 Å². The highest BCUT2D eigenvalue weighted by molar-refractivity contribution is 5.96. The summed E-state index contributed by atoms with van der Waals surface area (Å²) < 4.78 is 9.93. The molecule has 0 spiro atoms. The minimum absolute atomic E-state index is 0.209. The van der Waals surface area contributed by atoms with Crippen LogP contribution in [0, 0.1) is 0 Å². The van der Waals surface area contributed by atoms with Crippen molar-refractivity contribution in [3.63, 3.8) is 0 Å². The fourth-order valence-electron chi connectivity index (χ4n) is 2.06. The Bertz CT molecular complexity index is 676. The lowest BCUT2D eigenvalue weighted by Crippen LogP contribution is -2.43. The third kappa shape index (κ3) is 4.26. The Morgan fingerprint density at radius 3 is 2.57 bits per heavy atom. The van der Waals surface area contributed by atoms with E-state index in [0.717, 1.165) is 0 Å². The van der Waals surface area contributed by atoms with Gasteiger partial charge in [-0.3, -0.25) is 9.78 Å². The van der Waals surface area contributed by atoms with E-state index in [2.05, 4.69) is 15.3 Å². The number of ether oxygens (including phenoxy) is 2. The topological polar surface area (TPSA) is 90.4 Å². The number of hydrogen-bond acceptors (Lipinski definition) is 6. The number of esters is 1. The zero-order valence-corrected chi connectivity index (χ0v) is 12.9. The van der Waals surface area contributed by atoms with Crippen LogP contribution in [-0.2, 0) is 16.0 Å². The zero-order valence-electron chi connectivity index (χ0n) is 12.9. The van der Waals surface area contributed by atoms with Crippen LogP contribution < -0.4 is 10.1 Å². The van der Waals surface area contributed by atoms with Crippen molar-refractivity contribution in [3.8, 4) is 5.88 Å². The number of carbonyl (C=O) groups is 2. The Labute approximate surface area is 133 Å². The summed E-state index contributed by atoms with van der Waals surface area (Å²) in [7, 11) is 2.77. The first-order valence-electron chi connectivity index (χ1n) is 6.92. The summed E-state index contributed by atoms with van der Waals surface area (Å²) in [5.74, 6) is -0.525. The summed E-state index contributed by atoms with van der Waals surface area (Å²) >= 11 is 0. The third-order valence-electron chi connectivity index (χ3n) is 3.20. The van der Waals surface area contributed by atoms with Crippen LogP contribution in [0.3, 0.4) is 0 Å². The van der Waals surface area contributed by atoms with Crippen LogP contribution >= 0.6 is 0 Å². The van der Waals surface area contributed by atoms with E-state index < -0.39 is 12.0 Å². The Morgan fingerprint density at radius 1 is 1.17 bits per heavy atom. The molecule has 2 aromatic rings. The fourth-order valence-corrected chi connectivity index (χ4v) is 2.06. The van der Waals surface area contributed by atoms with Gasteiger partial charge in [0.05, 0.1) is 14.2 Å². The standard InChI is InChI=1S/C16H17N3O4/c1-22-15-12(4-3-7-18-15)10-13(16(21)23-2)19-14(20)11-5-8-17-9-6-11/h3-9,13H,10H2,1-2H3,(H,19,20)/t13-/m0/s1. The van der Waals surface area contributed by atoms with Crippen molar-refractivity contribution in [2.45, 2.75) is 12.5 Å². The van der Waals surface area contributed by atoms with Gasteiger partial charge in [-0.05, 0) is 18.2 Å². The molecule has 0 unspecified atom stereocenters. The first kappa shape index (κ1) is 16.4. The second-order valence-corrected chi connectivity index (χ2v) is 4.66. The molecule has 2 rings (SSSR count). The molecule has 2 aromatic heterocycles. The number of rotatable bonds is 6. The van der Waals surface area contributed by atoms with Gasteiger partial charge in [0.2, 0.25) is 5.88 Å². The molecule has 0 aromatic carbocycles. The summed E-state index contributed by atoms with van der Waals surface area (Å²) in [6, 6.07) is 5.79. The largest absolute Gasteiger partial charge is 0.481 e. The van der Waals surface area contributed by atoms with Gasteiger partial charge >= 0.3 is 5.97 Å². The summed E-state index contributed by atoms with van der Waals surface area (Å²) in [6.45, 7) is 0. The Hall–Kier alpha value is -2.96. The number of nitrogens with zero attached hydrogens (tertiary/aromatic N) is 2. The van der Waals surface area contributed by atoms with Crippen LogP contribution in [0.1, 0.15) is 15.9 Å². The SMILES string of the molecule is COC(=O)[C@H](Cc1cccnc1OC)NC(=O)c1ccncc1. The quantitative estimate of drug-likeness (QED) is 0.800. The van der Waals surface area contributed by atoms with Crippen molar-refractivity contribution >= 4 is 11.9 Å².